The second-order valence-corrected chi connectivity index (χ2v) is 28.5. The zero-order chi connectivity index (χ0) is 58.8. The predicted octanol–water partition coefficient (Wildman–Crippen LogP) is 19.9. The molecule has 3 heterocycles. The molecule has 0 radical (unpaired) electrons. The smallest absolute Gasteiger partial charge is 0.252 e. The van der Waals surface area contributed by atoms with Gasteiger partial charge in [-0.1, -0.05) is 252 Å². The summed E-state index contributed by atoms with van der Waals surface area (Å²) in [5.74, 6) is 0.120. The van der Waals surface area contributed by atoms with Crippen LogP contribution in [0, 0.1) is 0 Å². The van der Waals surface area contributed by atoms with E-state index in [2.05, 4.69) is 321 Å². The molecule has 2 unspecified atom stereocenters. The second-order valence-electron chi connectivity index (χ2n) is 28.5. The largest absolute Gasteiger partial charge is 0.334 e. The van der Waals surface area contributed by atoms with Gasteiger partial charge in [0.2, 0.25) is 0 Å². The number of fused-ring (bicyclic) bond motifs is 7. The van der Waals surface area contributed by atoms with Crippen LogP contribution in [0.25, 0.3) is 22.3 Å². The van der Waals surface area contributed by atoms with Gasteiger partial charge in [-0.25, -0.2) is 0 Å². The van der Waals surface area contributed by atoms with Crippen LogP contribution in [-0.4, -0.2) is 12.3 Å². The van der Waals surface area contributed by atoms with Crippen LogP contribution in [0.15, 0.2) is 231 Å². The minimum Gasteiger partial charge on any atom is -0.334 e. The summed E-state index contributed by atoms with van der Waals surface area (Å²) in [5.41, 5.74) is 27.6. The van der Waals surface area contributed by atoms with E-state index in [0.717, 1.165) is 12.8 Å². The highest BCUT2D eigenvalue weighted by atomic mass is 15.3. The minimum atomic E-state index is -0.176. The Morgan fingerprint density at radius 1 is 0.376 bits per heavy atom. The van der Waals surface area contributed by atoms with Crippen LogP contribution in [0.1, 0.15) is 147 Å². The van der Waals surface area contributed by atoms with Gasteiger partial charge in [-0.05, 0) is 169 Å². The average molecular weight is 1110 g/mol. The maximum Gasteiger partial charge on any atom is 0.252 e. The van der Waals surface area contributed by atoms with E-state index in [4.69, 9.17) is 0 Å². The molecule has 3 nitrogen and oxygen atoms in total. The Labute approximate surface area is 507 Å². The highest BCUT2D eigenvalue weighted by Gasteiger charge is 2.58. The lowest BCUT2D eigenvalue weighted by Gasteiger charge is -2.51. The SMILES string of the molecule is CC(C)(C)c1ccc(N2c3cc(N4c5ccc(C(c6ccccc6)c6ccccc6)cc5C5(C)CCCCC45C)ccc3B3c4cc(-c5ccccc5)ccc4N(c4ccc(C(C)(C)C)cc4-c4ccccc4)c4cc(C(C)(C)C)cc2c43)cc1. The third-order valence-electron chi connectivity index (χ3n) is 20.2. The molecule has 0 saturated heterocycles. The van der Waals surface area contributed by atoms with Crippen molar-refractivity contribution in [3.63, 3.8) is 0 Å². The molecule has 4 heteroatoms. The van der Waals surface area contributed by atoms with Crippen LogP contribution in [0.2, 0.25) is 0 Å². The molecular weight excluding hydrogens is 1030 g/mol. The fourth-order valence-corrected chi connectivity index (χ4v) is 15.3. The number of nitrogens with zero attached hydrogens (tertiary/aromatic N) is 3. The summed E-state index contributed by atoms with van der Waals surface area (Å²) in [6, 6.07) is 88.8. The Kier molecular flexibility index (Phi) is 12.9. The zero-order valence-electron chi connectivity index (χ0n) is 51.8. The lowest BCUT2D eigenvalue weighted by atomic mass is 9.33. The van der Waals surface area contributed by atoms with Gasteiger partial charge < -0.3 is 14.7 Å². The highest BCUT2D eigenvalue weighted by molar-refractivity contribution is 7.00. The monoisotopic (exact) mass is 1110 g/mol. The van der Waals surface area contributed by atoms with E-state index in [1.54, 1.807) is 0 Å². The van der Waals surface area contributed by atoms with E-state index in [1.807, 2.05) is 0 Å². The van der Waals surface area contributed by atoms with Crippen molar-refractivity contribution in [2.24, 2.45) is 0 Å². The van der Waals surface area contributed by atoms with Gasteiger partial charge in [0.05, 0.1) is 11.2 Å². The minimum absolute atomic E-state index is 0.00506. The molecule has 4 aliphatic rings. The van der Waals surface area contributed by atoms with Gasteiger partial charge in [-0.2, -0.15) is 0 Å². The van der Waals surface area contributed by atoms with Crippen molar-refractivity contribution in [1.29, 1.82) is 0 Å². The van der Waals surface area contributed by atoms with Crippen LogP contribution in [-0.2, 0) is 21.7 Å². The Hall–Kier alpha value is -8.34. The van der Waals surface area contributed by atoms with Crippen molar-refractivity contribution in [2.75, 3.05) is 14.7 Å². The second kappa shape index (κ2) is 20.2. The van der Waals surface area contributed by atoms with Gasteiger partial charge >= 0.3 is 0 Å². The molecule has 0 amide bonds. The van der Waals surface area contributed by atoms with Gasteiger partial charge in [0, 0.05) is 56.7 Å². The van der Waals surface area contributed by atoms with Gasteiger partial charge in [0.1, 0.15) is 0 Å². The first-order valence-electron chi connectivity index (χ1n) is 31.3. The third-order valence-corrected chi connectivity index (χ3v) is 20.2. The Morgan fingerprint density at radius 3 is 1.54 bits per heavy atom. The third kappa shape index (κ3) is 8.99. The molecular formula is C81H80BN3. The first kappa shape index (κ1) is 54.6. The molecule has 10 aromatic rings. The van der Waals surface area contributed by atoms with Crippen LogP contribution in [0.4, 0.5) is 45.5 Å². The molecule has 422 valence electrons. The van der Waals surface area contributed by atoms with E-state index in [1.165, 1.54) is 136 Å². The van der Waals surface area contributed by atoms with E-state index in [0.29, 0.717) is 0 Å². The van der Waals surface area contributed by atoms with Crippen molar-refractivity contribution in [3.05, 3.63) is 269 Å². The first-order chi connectivity index (χ1) is 40.8. The quantitative estimate of drug-likeness (QED) is 0.111. The van der Waals surface area contributed by atoms with Crippen LogP contribution >= 0.6 is 0 Å². The number of rotatable bonds is 8. The Balaban J connectivity index is 1.04. The van der Waals surface area contributed by atoms with Gasteiger partial charge in [0.15, 0.2) is 0 Å². The summed E-state index contributed by atoms with van der Waals surface area (Å²) in [6.07, 6.45) is 4.68. The molecule has 10 aromatic carbocycles. The van der Waals surface area contributed by atoms with Crippen LogP contribution < -0.4 is 31.1 Å². The summed E-state index contributed by atoms with van der Waals surface area (Å²) >= 11 is 0. The van der Waals surface area contributed by atoms with Crippen molar-refractivity contribution in [3.8, 4) is 22.3 Å². The van der Waals surface area contributed by atoms with Crippen molar-refractivity contribution >= 4 is 68.6 Å². The van der Waals surface area contributed by atoms with E-state index in [-0.39, 0.29) is 39.8 Å². The summed E-state index contributed by atoms with van der Waals surface area (Å²) < 4.78 is 0. The van der Waals surface area contributed by atoms with Crippen molar-refractivity contribution in [1.82, 2.24) is 0 Å². The maximum atomic E-state index is 2.80. The zero-order valence-corrected chi connectivity index (χ0v) is 51.8. The molecule has 3 aliphatic heterocycles. The molecule has 85 heavy (non-hydrogen) atoms. The molecule has 0 aromatic heterocycles. The standard InChI is InChI=1S/C81H80BN3/c1-77(2,3)60-36-39-63(40-37-60)83-72-53-64(85-70-43-35-59(48-66(70)80(10)46-24-25-47-81(80,85)11)75(56-30-20-14-21-31-56)57-32-22-15-23-33-57)41-42-67(72)82-68-49-58(54-26-16-12-17-27-54)34-44-71(68)84(74-52-62(79(7,8)9)51-73(83)76(74)82)69-45-38-61(78(4,5)6)50-65(69)55-28-18-13-19-29-55/h12-23,26-45,48-53,75H,24-25,46-47H2,1-11H3. The summed E-state index contributed by atoms with van der Waals surface area (Å²) in [6.45, 7) is 26.2. The fraction of sp³-hybridized carbons (Fsp3) is 0.259. The molecule has 1 saturated carbocycles. The summed E-state index contributed by atoms with van der Waals surface area (Å²) in [7, 11) is 0. The predicted molar refractivity (Wildman–Crippen MR) is 364 cm³/mol. The average Bonchev–Trinajstić information content (AvgIpc) is 2.01. The summed E-state index contributed by atoms with van der Waals surface area (Å²) in [4.78, 5) is 8.10. The number of hydrogen-bond acceptors (Lipinski definition) is 3. The molecule has 2 atom stereocenters. The van der Waals surface area contributed by atoms with Crippen LogP contribution in [0.3, 0.4) is 0 Å². The molecule has 1 aliphatic carbocycles. The van der Waals surface area contributed by atoms with E-state index in [9.17, 15) is 0 Å². The number of anilines is 8. The lowest BCUT2D eigenvalue weighted by molar-refractivity contribution is 0.195. The molecule has 0 N–H and O–H groups in total. The number of hydrogen-bond donors (Lipinski definition) is 0. The van der Waals surface area contributed by atoms with Gasteiger partial charge in [0.25, 0.3) is 6.71 Å². The van der Waals surface area contributed by atoms with E-state index < -0.39 is 0 Å². The molecule has 0 bridgehead atoms. The van der Waals surface area contributed by atoms with Crippen molar-refractivity contribution in [2.45, 2.75) is 135 Å². The Morgan fingerprint density at radius 2 is 0.918 bits per heavy atom. The van der Waals surface area contributed by atoms with Crippen LogP contribution in [0.5, 0.6) is 0 Å². The molecule has 1 fully saturated rings. The fourth-order valence-electron chi connectivity index (χ4n) is 15.3. The Bertz CT molecular complexity index is 4130. The van der Waals surface area contributed by atoms with Crippen molar-refractivity contribution < 1.29 is 0 Å². The van der Waals surface area contributed by atoms with Gasteiger partial charge in [-0.3, -0.25) is 0 Å². The molecule has 0 spiro atoms. The maximum absolute atomic E-state index is 2.80. The van der Waals surface area contributed by atoms with E-state index >= 15 is 0 Å². The topological polar surface area (TPSA) is 9.72 Å². The number of benzene rings is 10. The summed E-state index contributed by atoms with van der Waals surface area (Å²) in [5, 5.41) is 0. The normalized spacial score (nSPS) is 18.0. The highest BCUT2D eigenvalue weighted by Crippen LogP contribution is 2.62. The first-order valence-corrected chi connectivity index (χ1v) is 31.3. The molecule has 14 rings (SSSR count). The van der Waals surface area contributed by atoms with Gasteiger partial charge in [-0.15, -0.1) is 0 Å². The lowest BCUT2D eigenvalue weighted by Crippen LogP contribution is -2.61.